The number of aromatic nitrogens is 4. The summed E-state index contributed by atoms with van der Waals surface area (Å²) in [5.41, 5.74) is 8.55. The van der Waals surface area contributed by atoms with Crippen molar-refractivity contribution in [2.24, 2.45) is 0 Å². The molecule has 0 aliphatic carbocycles. The van der Waals surface area contributed by atoms with Crippen LogP contribution in [0, 0.1) is 0 Å². The summed E-state index contributed by atoms with van der Waals surface area (Å²) in [7, 11) is 0. The summed E-state index contributed by atoms with van der Waals surface area (Å²) >= 11 is 0. The number of benzene rings is 1. The number of nitrogen functional groups attached to an aromatic ring is 1. The van der Waals surface area contributed by atoms with Gasteiger partial charge < -0.3 is 31.1 Å². The Hall–Kier alpha value is -4.69. The van der Waals surface area contributed by atoms with Crippen LogP contribution in [0.2, 0.25) is 0 Å². The molecule has 3 atom stereocenters. The molecule has 44 heavy (non-hydrogen) atoms. The lowest BCUT2D eigenvalue weighted by atomic mass is 9.88. The summed E-state index contributed by atoms with van der Waals surface area (Å²) in [5, 5.41) is 22.6. The lowest BCUT2D eigenvalue weighted by Gasteiger charge is -2.47. The SMILES string of the molecule is C=C1C2CCC(c3nc(-c4ccc(C(O)Nc5cc(C(F)(F)F)ccn5)cc4)c4c(N)nccn34)CN2C(=O)CN1CCO. The van der Waals surface area contributed by atoms with E-state index in [1.165, 1.54) is 0 Å². The third-order valence-electron chi connectivity index (χ3n) is 8.24. The van der Waals surface area contributed by atoms with Crippen molar-refractivity contribution in [3.63, 3.8) is 0 Å². The Morgan fingerprint density at radius 3 is 2.64 bits per heavy atom. The molecular weight excluding hydrogens is 577 g/mol. The number of alkyl halides is 3. The fraction of sp³-hybridized carbons (Fsp3) is 0.333. The van der Waals surface area contributed by atoms with E-state index in [-0.39, 0.29) is 42.7 Å². The molecule has 1 aromatic carbocycles. The highest BCUT2D eigenvalue weighted by atomic mass is 19.4. The molecular formula is C30H31F3N8O3. The summed E-state index contributed by atoms with van der Waals surface area (Å²) in [6, 6.07) is 8.31. The van der Waals surface area contributed by atoms with Crippen LogP contribution >= 0.6 is 0 Å². The molecule has 4 aromatic rings. The first-order valence-electron chi connectivity index (χ1n) is 14.1. The van der Waals surface area contributed by atoms with Crippen LogP contribution in [0.3, 0.4) is 0 Å². The van der Waals surface area contributed by atoms with Gasteiger partial charge in [0, 0.05) is 54.4 Å². The zero-order valence-corrected chi connectivity index (χ0v) is 23.6. The molecule has 0 radical (unpaired) electrons. The number of pyridine rings is 1. The van der Waals surface area contributed by atoms with Gasteiger partial charge in [0.25, 0.3) is 0 Å². The number of nitrogens with zero attached hydrogens (tertiary/aromatic N) is 6. The number of aliphatic hydroxyl groups excluding tert-OH is 2. The summed E-state index contributed by atoms with van der Waals surface area (Å²) in [4.78, 5) is 29.9. The fourth-order valence-electron chi connectivity index (χ4n) is 6.02. The maximum atomic E-state index is 13.1. The second kappa shape index (κ2) is 11.4. The Kier molecular flexibility index (Phi) is 7.63. The fourth-order valence-corrected chi connectivity index (χ4v) is 6.02. The van der Waals surface area contributed by atoms with Gasteiger partial charge in [-0.2, -0.15) is 13.2 Å². The molecule has 230 valence electrons. The van der Waals surface area contributed by atoms with Gasteiger partial charge in [-0.1, -0.05) is 30.8 Å². The third-order valence-corrected chi connectivity index (χ3v) is 8.24. The largest absolute Gasteiger partial charge is 0.416 e. The summed E-state index contributed by atoms with van der Waals surface area (Å²) in [6.07, 6.45) is -0.000260. The van der Waals surface area contributed by atoms with E-state index in [2.05, 4.69) is 21.9 Å². The molecule has 0 bridgehead atoms. The average Bonchev–Trinajstić information content (AvgIpc) is 3.40. The number of amides is 1. The summed E-state index contributed by atoms with van der Waals surface area (Å²) in [5.74, 6) is 0.789. The molecule has 2 aliphatic heterocycles. The van der Waals surface area contributed by atoms with Gasteiger partial charge in [0.2, 0.25) is 5.91 Å². The molecule has 0 saturated carbocycles. The van der Waals surface area contributed by atoms with Crippen molar-refractivity contribution in [3.05, 3.63) is 84.2 Å². The van der Waals surface area contributed by atoms with Gasteiger partial charge in [-0.3, -0.25) is 9.20 Å². The van der Waals surface area contributed by atoms with Gasteiger partial charge in [-0.15, -0.1) is 0 Å². The van der Waals surface area contributed by atoms with Crippen LogP contribution in [0.5, 0.6) is 0 Å². The number of aliphatic hydroxyl groups is 2. The lowest BCUT2D eigenvalue weighted by Crippen LogP contribution is -2.57. The zero-order chi connectivity index (χ0) is 31.2. The van der Waals surface area contributed by atoms with Gasteiger partial charge in [-0.25, -0.2) is 15.0 Å². The predicted molar refractivity (Wildman–Crippen MR) is 156 cm³/mol. The average molecular weight is 609 g/mol. The molecule has 11 nitrogen and oxygen atoms in total. The Labute approximate surface area is 250 Å². The van der Waals surface area contributed by atoms with E-state index in [4.69, 9.17) is 10.7 Å². The topological polar surface area (TPSA) is 145 Å². The number of piperidine rings is 1. The van der Waals surface area contributed by atoms with Crippen LogP contribution in [0.15, 0.2) is 67.3 Å². The number of nitrogens with two attached hydrogens (primary N) is 1. The number of anilines is 2. The molecule has 3 aromatic heterocycles. The number of piperazine rings is 1. The second-order valence-electron chi connectivity index (χ2n) is 10.9. The van der Waals surface area contributed by atoms with Gasteiger partial charge in [0.15, 0.2) is 6.23 Å². The number of rotatable bonds is 7. The van der Waals surface area contributed by atoms with Crippen LogP contribution in [-0.4, -0.2) is 77.6 Å². The van der Waals surface area contributed by atoms with E-state index in [0.717, 1.165) is 36.3 Å². The van der Waals surface area contributed by atoms with E-state index in [1.807, 2.05) is 14.2 Å². The standard InChI is InChI=1S/C30H31F3N8O3/c1-17-22-7-6-20(15-41(22)24(43)16-39(17)12-13-42)28-38-25(26-27(34)36-10-11-40(26)28)18-2-4-19(5-3-18)29(44)37-23-14-21(8-9-35-23)30(31,32)33/h2-5,8-11,14,20,22,29,42,44H,1,6-7,12-13,15-16H2,(H2,34,36)(H,35,37). The summed E-state index contributed by atoms with van der Waals surface area (Å²) in [6.45, 7) is 5.14. The van der Waals surface area contributed by atoms with Gasteiger partial charge >= 0.3 is 6.18 Å². The highest BCUT2D eigenvalue weighted by molar-refractivity contribution is 5.85. The molecule has 0 spiro atoms. The van der Waals surface area contributed by atoms with E-state index in [9.17, 15) is 28.2 Å². The van der Waals surface area contributed by atoms with Crippen molar-refractivity contribution < 1.29 is 28.2 Å². The highest BCUT2D eigenvalue weighted by Gasteiger charge is 2.41. The number of carbonyl (C=O) groups is 1. The van der Waals surface area contributed by atoms with Crippen molar-refractivity contribution in [2.75, 3.05) is 37.3 Å². The van der Waals surface area contributed by atoms with Crippen LogP contribution in [0.1, 0.15) is 41.9 Å². The minimum atomic E-state index is -4.53. The molecule has 2 fully saturated rings. The molecule has 14 heteroatoms. The van der Waals surface area contributed by atoms with Gasteiger partial charge in [0.1, 0.15) is 28.7 Å². The predicted octanol–water partition coefficient (Wildman–Crippen LogP) is 3.39. The molecule has 5 N–H and O–H groups in total. The van der Waals surface area contributed by atoms with Crippen molar-refractivity contribution in [1.29, 1.82) is 0 Å². The quantitative estimate of drug-likeness (QED) is 0.232. The number of imidazole rings is 1. The minimum absolute atomic E-state index is 0.0223. The van der Waals surface area contributed by atoms with Crippen LogP contribution in [0.25, 0.3) is 16.8 Å². The number of nitrogens with one attached hydrogen (secondary N) is 1. The van der Waals surface area contributed by atoms with Crippen LogP contribution in [0.4, 0.5) is 24.8 Å². The number of carbonyl (C=O) groups excluding carboxylic acids is 1. The maximum Gasteiger partial charge on any atom is 0.416 e. The Morgan fingerprint density at radius 1 is 1.14 bits per heavy atom. The molecule has 3 unspecified atom stereocenters. The van der Waals surface area contributed by atoms with Crippen molar-refractivity contribution >= 4 is 23.1 Å². The normalized spacial score (nSPS) is 19.8. The van der Waals surface area contributed by atoms with Gasteiger partial charge in [-0.05, 0) is 25.0 Å². The molecule has 1 amide bonds. The Morgan fingerprint density at radius 2 is 1.91 bits per heavy atom. The first-order chi connectivity index (χ1) is 21.0. The number of fused-ring (bicyclic) bond motifs is 2. The lowest BCUT2D eigenvalue weighted by molar-refractivity contribution is -0.139. The third kappa shape index (κ3) is 5.42. The molecule has 6 rings (SSSR count). The van der Waals surface area contributed by atoms with E-state index in [0.29, 0.717) is 41.8 Å². The minimum Gasteiger partial charge on any atom is -0.395 e. The smallest absolute Gasteiger partial charge is 0.395 e. The first kappa shape index (κ1) is 29.4. The highest BCUT2D eigenvalue weighted by Crippen LogP contribution is 2.38. The Balaban J connectivity index is 1.25. The second-order valence-corrected chi connectivity index (χ2v) is 10.9. The van der Waals surface area contributed by atoms with Crippen molar-refractivity contribution in [3.8, 4) is 11.3 Å². The van der Waals surface area contributed by atoms with E-state index < -0.39 is 18.0 Å². The van der Waals surface area contributed by atoms with Crippen LogP contribution < -0.4 is 11.1 Å². The van der Waals surface area contributed by atoms with Crippen LogP contribution in [-0.2, 0) is 11.0 Å². The number of hydrogen-bond acceptors (Lipinski definition) is 9. The Bertz CT molecular complexity index is 1710. The van der Waals surface area contributed by atoms with E-state index >= 15 is 0 Å². The van der Waals surface area contributed by atoms with Gasteiger partial charge in [0.05, 0.1) is 24.8 Å². The number of halogens is 3. The van der Waals surface area contributed by atoms with Crippen molar-refractivity contribution in [1.82, 2.24) is 29.2 Å². The number of hydrogen-bond donors (Lipinski definition) is 4. The molecule has 5 heterocycles. The van der Waals surface area contributed by atoms with E-state index in [1.54, 1.807) is 36.7 Å². The zero-order valence-electron chi connectivity index (χ0n) is 23.6. The summed E-state index contributed by atoms with van der Waals surface area (Å²) < 4.78 is 41.1. The molecule has 2 aliphatic rings. The monoisotopic (exact) mass is 608 g/mol. The maximum absolute atomic E-state index is 13.1. The van der Waals surface area contributed by atoms with Crippen molar-refractivity contribution in [2.45, 2.75) is 37.2 Å². The molecule has 2 saturated heterocycles. The first-order valence-corrected chi connectivity index (χ1v) is 14.1. The number of β-amino-alcohol motifs (C(OH)–C–C–N with tert-alkyl or cyclic N) is 1.